The molecule has 1 saturated heterocycles. The molecule has 3 nitrogen and oxygen atoms in total. The Morgan fingerprint density at radius 2 is 2.18 bits per heavy atom. The van der Waals surface area contributed by atoms with Crippen LogP contribution in [0.15, 0.2) is 30.3 Å². The molecule has 2 atom stereocenters. The molecule has 17 heavy (non-hydrogen) atoms. The zero-order chi connectivity index (χ0) is 12.1. The summed E-state index contributed by atoms with van der Waals surface area (Å²) in [6.45, 7) is 5.83. The lowest BCUT2D eigenvalue weighted by Gasteiger charge is -2.34. The predicted octanol–water partition coefficient (Wildman–Crippen LogP) is 1.28. The Hall–Kier alpha value is -0.900. The van der Waals surface area contributed by atoms with Gasteiger partial charge in [-0.3, -0.25) is 4.90 Å². The summed E-state index contributed by atoms with van der Waals surface area (Å²) in [4.78, 5) is 2.43. The number of hydrogen-bond donors (Lipinski definition) is 1. The molecular weight excluding hydrogens is 212 g/mol. The molecule has 0 saturated carbocycles. The maximum atomic E-state index is 6.22. The summed E-state index contributed by atoms with van der Waals surface area (Å²) in [6.07, 6.45) is 0.949. The Morgan fingerprint density at radius 1 is 1.41 bits per heavy atom. The van der Waals surface area contributed by atoms with Crippen LogP contribution in [0.5, 0.6) is 0 Å². The molecule has 94 valence electrons. The molecular formula is C14H22N2O. The molecule has 1 fully saturated rings. The van der Waals surface area contributed by atoms with E-state index in [-0.39, 0.29) is 6.04 Å². The molecule has 0 spiro atoms. The van der Waals surface area contributed by atoms with Gasteiger partial charge in [-0.2, -0.15) is 0 Å². The van der Waals surface area contributed by atoms with Gasteiger partial charge in [0, 0.05) is 25.2 Å². The molecule has 0 radical (unpaired) electrons. The highest BCUT2D eigenvalue weighted by atomic mass is 16.5. The number of benzene rings is 1. The summed E-state index contributed by atoms with van der Waals surface area (Å²) in [6, 6.07) is 11.2. The summed E-state index contributed by atoms with van der Waals surface area (Å²) < 4.78 is 5.43. The minimum absolute atomic E-state index is 0.206. The fourth-order valence-electron chi connectivity index (χ4n) is 2.32. The van der Waals surface area contributed by atoms with Crippen molar-refractivity contribution < 1.29 is 4.74 Å². The highest BCUT2D eigenvalue weighted by Crippen LogP contribution is 2.08. The lowest BCUT2D eigenvalue weighted by molar-refractivity contribution is -0.00267. The molecule has 1 aliphatic heterocycles. The minimum atomic E-state index is 0.206. The Bertz CT molecular complexity index is 328. The van der Waals surface area contributed by atoms with Gasteiger partial charge in [-0.05, 0) is 18.9 Å². The SMILES string of the molecule is CC1COCCN1CC(N)Cc1ccccc1. The van der Waals surface area contributed by atoms with Gasteiger partial charge in [-0.15, -0.1) is 0 Å². The average Bonchev–Trinajstić information content (AvgIpc) is 2.33. The molecule has 2 rings (SSSR count). The average molecular weight is 234 g/mol. The third kappa shape index (κ3) is 3.80. The van der Waals surface area contributed by atoms with Crippen LogP contribution in [0.2, 0.25) is 0 Å². The maximum Gasteiger partial charge on any atom is 0.0619 e. The summed E-state index contributed by atoms with van der Waals surface area (Å²) in [5.74, 6) is 0. The van der Waals surface area contributed by atoms with Crippen molar-refractivity contribution in [2.75, 3.05) is 26.3 Å². The number of morpholine rings is 1. The standard InChI is InChI=1S/C14H22N2O/c1-12-11-17-8-7-16(12)10-14(15)9-13-5-3-2-4-6-13/h2-6,12,14H,7-11,15H2,1H3. The number of nitrogens with zero attached hydrogens (tertiary/aromatic N) is 1. The van der Waals surface area contributed by atoms with E-state index in [1.165, 1.54) is 5.56 Å². The third-order valence-corrected chi connectivity index (χ3v) is 3.31. The number of hydrogen-bond acceptors (Lipinski definition) is 3. The van der Waals surface area contributed by atoms with E-state index in [2.05, 4.69) is 36.1 Å². The van der Waals surface area contributed by atoms with Gasteiger partial charge in [0.05, 0.1) is 13.2 Å². The monoisotopic (exact) mass is 234 g/mol. The van der Waals surface area contributed by atoms with Crippen LogP contribution < -0.4 is 5.73 Å². The van der Waals surface area contributed by atoms with E-state index >= 15 is 0 Å². The van der Waals surface area contributed by atoms with Gasteiger partial charge >= 0.3 is 0 Å². The predicted molar refractivity (Wildman–Crippen MR) is 70.0 cm³/mol. The van der Waals surface area contributed by atoms with E-state index < -0.39 is 0 Å². The lowest BCUT2D eigenvalue weighted by Crippen LogP contribution is -2.49. The van der Waals surface area contributed by atoms with Crippen LogP contribution in [0.1, 0.15) is 12.5 Å². The first-order valence-electron chi connectivity index (χ1n) is 6.37. The van der Waals surface area contributed by atoms with Crippen molar-refractivity contribution in [3.8, 4) is 0 Å². The number of rotatable bonds is 4. The molecule has 0 amide bonds. The summed E-state index contributed by atoms with van der Waals surface area (Å²) in [7, 11) is 0. The summed E-state index contributed by atoms with van der Waals surface area (Å²) >= 11 is 0. The van der Waals surface area contributed by atoms with Gasteiger partial charge in [-0.1, -0.05) is 30.3 Å². The zero-order valence-electron chi connectivity index (χ0n) is 10.5. The minimum Gasteiger partial charge on any atom is -0.379 e. The van der Waals surface area contributed by atoms with Crippen molar-refractivity contribution in [1.29, 1.82) is 0 Å². The van der Waals surface area contributed by atoms with Gasteiger partial charge in [0.2, 0.25) is 0 Å². The van der Waals surface area contributed by atoms with E-state index in [9.17, 15) is 0 Å². The highest BCUT2D eigenvalue weighted by Gasteiger charge is 2.20. The number of nitrogens with two attached hydrogens (primary N) is 1. The largest absolute Gasteiger partial charge is 0.379 e. The van der Waals surface area contributed by atoms with Gasteiger partial charge in [0.25, 0.3) is 0 Å². The topological polar surface area (TPSA) is 38.5 Å². The quantitative estimate of drug-likeness (QED) is 0.853. The second kappa shape index (κ2) is 6.15. The van der Waals surface area contributed by atoms with Crippen LogP contribution in [0.25, 0.3) is 0 Å². The van der Waals surface area contributed by atoms with Crippen LogP contribution in [-0.2, 0) is 11.2 Å². The van der Waals surface area contributed by atoms with Crippen LogP contribution >= 0.6 is 0 Å². The normalized spacial score (nSPS) is 23.5. The molecule has 0 aliphatic carbocycles. The first kappa shape index (κ1) is 12.6. The van der Waals surface area contributed by atoms with Crippen molar-refractivity contribution in [3.63, 3.8) is 0 Å². The van der Waals surface area contributed by atoms with Crippen molar-refractivity contribution >= 4 is 0 Å². The molecule has 1 aromatic rings. The Morgan fingerprint density at radius 3 is 2.88 bits per heavy atom. The van der Waals surface area contributed by atoms with Crippen molar-refractivity contribution in [1.82, 2.24) is 4.90 Å². The molecule has 3 heteroatoms. The van der Waals surface area contributed by atoms with Crippen LogP contribution in [0, 0.1) is 0 Å². The molecule has 1 aromatic carbocycles. The van der Waals surface area contributed by atoms with Gasteiger partial charge in [0.1, 0.15) is 0 Å². The van der Waals surface area contributed by atoms with E-state index in [4.69, 9.17) is 10.5 Å². The highest BCUT2D eigenvalue weighted by molar-refractivity contribution is 5.15. The van der Waals surface area contributed by atoms with E-state index in [1.807, 2.05) is 6.07 Å². The first-order valence-corrected chi connectivity index (χ1v) is 6.37. The second-order valence-corrected chi connectivity index (χ2v) is 4.87. The third-order valence-electron chi connectivity index (χ3n) is 3.31. The van der Waals surface area contributed by atoms with E-state index in [0.29, 0.717) is 6.04 Å². The Kier molecular flexibility index (Phi) is 4.54. The molecule has 1 aliphatic rings. The smallest absolute Gasteiger partial charge is 0.0619 e. The Balaban J connectivity index is 1.82. The molecule has 0 bridgehead atoms. The van der Waals surface area contributed by atoms with Gasteiger partial charge in [-0.25, -0.2) is 0 Å². The molecule has 1 heterocycles. The van der Waals surface area contributed by atoms with E-state index in [0.717, 1.165) is 32.7 Å². The van der Waals surface area contributed by atoms with Gasteiger partial charge < -0.3 is 10.5 Å². The number of ether oxygens (including phenoxy) is 1. The lowest BCUT2D eigenvalue weighted by atomic mass is 10.1. The maximum absolute atomic E-state index is 6.22. The Labute approximate surface area is 104 Å². The van der Waals surface area contributed by atoms with Gasteiger partial charge in [0.15, 0.2) is 0 Å². The van der Waals surface area contributed by atoms with Crippen LogP contribution in [0.4, 0.5) is 0 Å². The second-order valence-electron chi connectivity index (χ2n) is 4.87. The van der Waals surface area contributed by atoms with Crippen molar-refractivity contribution in [2.45, 2.75) is 25.4 Å². The van der Waals surface area contributed by atoms with Crippen molar-refractivity contribution in [2.24, 2.45) is 5.73 Å². The fourth-order valence-corrected chi connectivity index (χ4v) is 2.32. The fraction of sp³-hybridized carbons (Fsp3) is 0.571. The van der Waals surface area contributed by atoms with Crippen LogP contribution in [-0.4, -0.2) is 43.3 Å². The zero-order valence-corrected chi connectivity index (χ0v) is 10.5. The molecule has 2 unspecified atom stereocenters. The molecule has 0 aromatic heterocycles. The first-order chi connectivity index (χ1) is 8.25. The summed E-state index contributed by atoms with van der Waals surface area (Å²) in [5.41, 5.74) is 7.54. The van der Waals surface area contributed by atoms with Crippen molar-refractivity contribution in [3.05, 3.63) is 35.9 Å². The van der Waals surface area contributed by atoms with E-state index in [1.54, 1.807) is 0 Å². The van der Waals surface area contributed by atoms with Crippen LogP contribution in [0.3, 0.4) is 0 Å². The molecule has 2 N–H and O–H groups in total. The summed E-state index contributed by atoms with van der Waals surface area (Å²) in [5, 5.41) is 0.